The van der Waals surface area contributed by atoms with Crippen molar-refractivity contribution in [2.24, 2.45) is 21.9 Å². The summed E-state index contributed by atoms with van der Waals surface area (Å²) >= 11 is 0. The first-order chi connectivity index (χ1) is 6.43. The van der Waals surface area contributed by atoms with Crippen LogP contribution in [0.25, 0.3) is 0 Å². The largest absolute Gasteiger partial charge is 0.419 e. The molecule has 14 heavy (non-hydrogen) atoms. The lowest BCUT2D eigenvalue weighted by Crippen LogP contribution is -2.47. The van der Waals surface area contributed by atoms with Crippen LogP contribution in [0.15, 0.2) is 5.18 Å². The summed E-state index contributed by atoms with van der Waals surface area (Å²) in [6, 6.07) is 0. The monoisotopic (exact) mass is 195 g/mol. The maximum absolute atomic E-state index is 11.1. The number of nitrogens with zero attached hydrogens (tertiary/aromatic N) is 1. The van der Waals surface area contributed by atoms with Crippen molar-refractivity contribution in [2.45, 2.75) is 45.8 Å². The summed E-state index contributed by atoms with van der Waals surface area (Å²) in [7, 11) is 1.61. The molecule has 0 aromatic rings. The minimum Gasteiger partial charge on any atom is -0.419 e. The van der Waals surface area contributed by atoms with Crippen LogP contribution in [-0.4, -0.2) is 13.8 Å². The van der Waals surface area contributed by atoms with Gasteiger partial charge in [-0.2, -0.15) is 0 Å². The van der Waals surface area contributed by atoms with E-state index in [1.165, 1.54) is 6.42 Å². The molecule has 0 amide bonds. The Hall–Kier alpha value is -0.375. The summed E-state index contributed by atoms with van der Waals surface area (Å²) < 4.78 is 5.44. The van der Waals surface area contributed by atoms with E-state index in [2.05, 4.69) is 25.9 Å². The molecule has 2 rings (SSSR count). The Balaban J connectivity index is 2.49. The fourth-order valence-corrected chi connectivity index (χ4v) is 3.70. The molecule has 0 radical (unpaired) electrons. The quantitative estimate of drug-likeness (QED) is 0.498. The molecule has 78 valence electrons. The standard InChI is InChI=1S/C10H18BNO2/c1-8(2)7-4-5-9(8,3)10(6-7,12-13)14-11/h7H,4-6,11H2,1-3H3. The summed E-state index contributed by atoms with van der Waals surface area (Å²) in [5, 5.41) is 3.32. The topological polar surface area (TPSA) is 38.7 Å². The first-order valence-electron chi connectivity index (χ1n) is 5.33. The zero-order valence-electron chi connectivity index (χ0n) is 9.46. The lowest BCUT2D eigenvalue weighted by atomic mass is 9.67. The van der Waals surface area contributed by atoms with E-state index in [-0.39, 0.29) is 10.8 Å². The highest BCUT2D eigenvalue weighted by atomic mass is 16.5. The Kier molecular flexibility index (Phi) is 1.88. The second-order valence-corrected chi connectivity index (χ2v) is 5.57. The molecule has 0 aromatic heterocycles. The van der Waals surface area contributed by atoms with E-state index in [1.807, 2.05) is 0 Å². The van der Waals surface area contributed by atoms with Gasteiger partial charge in [-0.25, -0.2) is 0 Å². The van der Waals surface area contributed by atoms with Gasteiger partial charge in [-0.05, 0) is 29.4 Å². The lowest BCUT2D eigenvalue weighted by Gasteiger charge is -2.43. The van der Waals surface area contributed by atoms with Gasteiger partial charge in [0.25, 0.3) is 8.05 Å². The lowest BCUT2D eigenvalue weighted by molar-refractivity contribution is -0.0582. The van der Waals surface area contributed by atoms with Crippen molar-refractivity contribution >= 4 is 8.05 Å². The summed E-state index contributed by atoms with van der Waals surface area (Å²) in [4.78, 5) is 11.1. The minimum atomic E-state index is -0.764. The van der Waals surface area contributed by atoms with Gasteiger partial charge >= 0.3 is 0 Å². The van der Waals surface area contributed by atoms with Crippen molar-refractivity contribution in [3.63, 3.8) is 0 Å². The third-order valence-corrected chi connectivity index (χ3v) is 5.31. The fraction of sp³-hybridized carbons (Fsp3) is 1.00. The Bertz CT molecular complexity index is 281. The molecule has 3 nitrogen and oxygen atoms in total. The first kappa shape index (κ1) is 10.2. The van der Waals surface area contributed by atoms with Crippen LogP contribution in [0.1, 0.15) is 40.0 Å². The van der Waals surface area contributed by atoms with Gasteiger partial charge in [0.05, 0.1) is 0 Å². The molecule has 3 unspecified atom stereocenters. The van der Waals surface area contributed by atoms with E-state index in [9.17, 15) is 4.91 Å². The molecular formula is C10H18BNO2. The molecule has 3 atom stereocenters. The number of hydrogen-bond acceptors (Lipinski definition) is 3. The molecule has 2 aliphatic rings. The molecule has 0 saturated heterocycles. The molecular weight excluding hydrogens is 177 g/mol. The Morgan fingerprint density at radius 1 is 1.43 bits per heavy atom. The van der Waals surface area contributed by atoms with E-state index >= 15 is 0 Å². The van der Waals surface area contributed by atoms with Gasteiger partial charge < -0.3 is 4.65 Å². The molecule has 0 N–H and O–H groups in total. The van der Waals surface area contributed by atoms with E-state index in [0.29, 0.717) is 5.92 Å². The highest BCUT2D eigenvalue weighted by Crippen LogP contribution is 2.70. The van der Waals surface area contributed by atoms with E-state index in [1.54, 1.807) is 8.05 Å². The van der Waals surface area contributed by atoms with E-state index < -0.39 is 5.72 Å². The fourth-order valence-electron chi connectivity index (χ4n) is 3.70. The number of rotatable bonds is 2. The predicted octanol–water partition coefficient (Wildman–Crippen LogP) is 1.86. The smallest absolute Gasteiger partial charge is 0.260 e. The zero-order valence-corrected chi connectivity index (χ0v) is 9.46. The highest BCUT2D eigenvalue weighted by Gasteiger charge is 2.70. The second kappa shape index (κ2) is 2.60. The summed E-state index contributed by atoms with van der Waals surface area (Å²) in [5.74, 6) is 0.588. The molecule has 2 aliphatic carbocycles. The van der Waals surface area contributed by atoms with Gasteiger partial charge in [-0.1, -0.05) is 20.8 Å². The average molecular weight is 195 g/mol. The molecule has 0 heterocycles. The summed E-state index contributed by atoms with van der Waals surface area (Å²) in [6.45, 7) is 6.65. The van der Waals surface area contributed by atoms with Gasteiger partial charge in [-0.3, -0.25) is 0 Å². The highest BCUT2D eigenvalue weighted by molar-refractivity contribution is 5.98. The molecule has 2 saturated carbocycles. The third kappa shape index (κ3) is 0.795. The predicted molar refractivity (Wildman–Crippen MR) is 57.4 cm³/mol. The van der Waals surface area contributed by atoms with Crippen molar-refractivity contribution in [3.8, 4) is 0 Å². The Labute approximate surface area is 86.0 Å². The van der Waals surface area contributed by atoms with Crippen molar-refractivity contribution in [3.05, 3.63) is 4.91 Å². The van der Waals surface area contributed by atoms with Crippen LogP contribution < -0.4 is 0 Å². The average Bonchev–Trinajstić information content (AvgIpc) is 2.48. The van der Waals surface area contributed by atoms with Crippen LogP contribution in [0, 0.1) is 21.7 Å². The first-order valence-corrected chi connectivity index (χ1v) is 5.33. The van der Waals surface area contributed by atoms with Crippen molar-refractivity contribution in [1.82, 2.24) is 0 Å². The minimum absolute atomic E-state index is 0.0822. The van der Waals surface area contributed by atoms with Crippen LogP contribution in [0.3, 0.4) is 0 Å². The molecule has 0 spiro atoms. The van der Waals surface area contributed by atoms with Gasteiger partial charge in [0, 0.05) is 11.8 Å². The van der Waals surface area contributed by atoms with Crippen molar-refractivity contribution < 1.29 is 4.65 Å². The zero-order chi connectivity index (χ0) is 10.6. The maximum Gasteiger partial charge on any atom is 0.260 e. The van der Waals surface area contributed by atoms with Crippen LogP contribution >= 0.6 is 0 Å². The Morgan fingerprint density at radius 2 is 2.07 bits per heavy atom. The van der Waals surface area contributed by atoms with Gasteiger partial charge in [0.15, 0.2) is 5.72 Å². The summed E-state index contributed by atoms with van der Waals surface area (Å²) in [6.07, 6.45) is 3.07. The SMILES string of the molecule is BOC1(N=O)CC2CCC1(C)C2(C)C. The van der Waals surface area contributed by atoms with Crippen molar-refractivity contribution in [1.29, 1.82) is 0 Å². The van der Waals surface area contributed by atoms with Crippen molar-refractivity contribution in [2.75, 3.05) is 0 Å². The van der Waals surface area contributed by atoms with Crippen LogP contribution in [-0.2, 0) is 4.65 Å². The molecule has 4 heteroatoms. The van der Waals surface area contributed by atoms with E-state index in [0.717, 1.165) is 12.8 Å². The number of nitroso groups, excluding NO2 is 1. The van der Waals surface area contributed by atoms with Gasteiger partial charge in [-0.15, -0.1) is 4.91 Å². The summed E-state index contributed by atoms with van der Waals surface area (Å²) in [5.41, 5.74) is -0.669. The van der Waals surface area contributed by atoms with E-state index in [4.69, 9.17) is 4.65 Å². The van der Waals surface area contributed by atoms with Gasteiger partial charge in [0.2, 0.25) is 0 Å². The molecule has 0 aromatic carbocycles. The third-order valence-electron chi connectivity index (χ3n) is 5.31. The Morgan fingerprint density at radius 3 is 2.29 bits per heavy atom. The van der Waals surface area contributed by atoms with Crippen LogP contribution in [0.5, 0.6) is 0 Å². The maximum atomic E-state index is 11.1. The normalized spacial score (nSPS) is 49.5. The second-order valence-electron chi connectivity index (χ2n) is 5.57. The number of hydrogen-bond donors (Lipinski definition) is 0. The molecule has 2 bridgehead atoms. The van der Waals surface area contributed by atoms with Crippen LogP contribution in [0.4, 0.5) is 0 Å². The molecule has 0 aliphatic heterocycles. The van der Waals surface area contributed by atoms with Crippen LogP contribution in [0.2, 0.25) is 0 Å². The molecule has 2 fully saturated rings. The number of fused-ring (bicyclic) bond motifs is 2. The van der Waals surface area contributed by atoms with Gasteiger partial charge in [0.1, 0.15) is 0 Å².